The summed E-state index contributed by atoms with van der Waals surface area (Å²) in [5, 5.41) is 11.5. The van der Waals surface area contributed by atoms with E-state index in [0.29, 0.717) is 18.0 Å². The van der Waals surface area contributed by atoms with Gasteiger partial charge in [-0.05, 0) is 25.0 Å². The van der Waals surface area contributed by atoms with Crippen molar-refractivity contribution in [2.24, 2.45) is 0 Å². The molecule has 1 aliphatic heterocycles. The summed E-state index contributed by atoms with van der Waals surface area (Å²) in [6.07, 6.45) is 2.89. The van der Waals surface area contributed by atoms with Gasteiger partial charge in [0.25, 0.3) is 5.91 Å². The highest BCUT2D eigenvalue weighted by Gasteiger charge is 2.23. The maximum absolute atomic E-state index is 11.7. The molecule has 0 radical (unpaired) electrons. The molecule has 1 fully saturated rings. The lowest BCUT2D eigenvalue weighted by atomic mass is 10.2. The minimum absolute atomic E-state index is 0.0973. The first-order valence-corrected chi connectivity index (χ1v) is 5.28. The number of rotatable bonds is 3. The van der Waals surface area contributed by atoms with Crippen molar-refractivity contribution in [2.75, 3.05) is 11.9 Å². The summed E-state index contributed by atoms with van der Waals surface area (Å²) in [5.41, 5.74) is 1.20. The first-order valence-electron chi connectivity index (χ1n) is 5.28. The molecule has 1 aromatic rings. The SMILES string of the molecule is O=C(Nc1ccc(CO)nc1)C1CCCO1. The molecule has 1 amide bonds. The number of aliphatic hydroxyl groups is 1. The molecule has 1 unspecified atom stereocenters. The quantitative estimate of drug-likeness (QED) is 0.789. The van der Waals surface area contributed by atoms with Crippen LogP contribution in [0.4, 0.5) is 5.69 Å². The molecule has 0 aromatic carbocycles. The fourth-order valence-electron chi connectivity index (χ4n) is 1.60. The van der Waals surface area contributed by atoms with Gasteiger partial charge < -0.3 is 15.2 Å². The van der Waals surface area contributed by atoms with Crippen LogP contribution >= 0.6 is 0 Å². The maximum Gasteiger partial charge on any atom is 0.253 e. The van der Waals surface area contributed by atoms with Crippen LogP contribution in [0.25, 0.3) is 0 Å². The van der Waals surface area contributed by atoms with Crippen LogP contribution in [0.15, 0.2) is 18.3 Å². The van der Waals surface area contributed by atoms with E-state index >= 15 is 0 Å². The highest BCUT2D eigenvalue weighted by atomic mass is 16.5. The number of hydrogen-bond donors (Lipinski definition) is 2. The summed E-state index contributed by atoms with van der Waals surface area (Å²) in [5.74, 6) is -0.129. The van der Waals surface area contributed by atoms with Gasteiger partial charge in [-0.2, -0.15) is 0 Å². The van der Waals surface area contributed by atoms with E-state index in [2.05, 4.69) is 10.3 Å². The number of aromatic nitrogens is 1. The van der Waals surface area contributed by atoms with E-state index in [9.17, 15) is 4.79 Å². The third kappa shape index (κ3) is 2.56. The van der Waals surface area contributed by atoms with Crippen molar-refractivity contribution < 1.29 is 14.6 Å². The highest BCUT2D eigenvalue weighted by Crippen LogP contribution is 2.14. The second kappa shape index (κ2) is 5.05. The number of anilines is 1. The Balaban J connectivity index is 1.94. The van der Waals surface area contributed by atoms with Crippen molar-refractivity contribution in [1.82, 2.24) is 4.98 Å². The van der Waals surface area contributed by atoms with E-state index < -0.39 is 0 Å². The van der Waals surface area contributed by atoms with Gasteiger partial charge in [0.2, 0.25) is 0 Å². The number of nitrogens with one attached hydrogen (secondary N) is 1. The Morgan fingerprint density at radius 1 is 1.62 bits per heavy atom. The van der Waals surface area contributed by atoms with Crippen molar-refractivity contribution in [2.45, 2.75) is 25.6 Å². The Labute approximate surface area is 93.5 Å². The first-order chi connectivity index (χ1) is 7.79. The minimum Gasteiger partial charge on any atom is -0.390 e. The Morgan fingerprint density at radius 3 is 3.06 bits per heavy atom. The van der Waals surface area contributed by atoms with Gasteiger partial charge in [0.1, 0.15) is 6.10 Å². The van der Waals surface area contributed by atoms with Crippen LogP contribution in [0.2, 0.25) is 0 Å². The van der Waals surface area contributed by atoms with Crippen molar-refractivity contribution in [3.63, 3.8) is 0 Å². The lowest BCUT2D eigenvalue weighted by molar-refractivity contribution is -0.124. The van der Waals surface area contributed by atoms with Crippen molar-refractivity contribution >= 4 is 11.6 Å². The molecule has 0 bridgehead atoms. The zero-order valence-corrected chi connectivity index (χ0v) is 8.85. The average Bonchev–Trinajstić information content (AvgIpc) is 2.83. The normalized spacial score (nSPS) is 19.7. The average molecular weight is 222 g/mol. The van der Waals surface area contributed by atoms with Crippen LogP contribution < -0.4 is 5.32 Å². The molecule has 0 saturated carbocycles. The molecule has 0 aliphatic carbocycles. The summed E-state index contributed by atoms with van der Waals surface area (Å²) in [6.45, 7) is 0.555. The lowest BCUT2D eigenvalue weighted by Gasteiger charge is -2.10. The largest absolute Gasteiger partial charge is 0.390 e. The van der Waals surface area contributed by atoms with Crippen LogP contribution in [0, 0.1) is 0 Å². The predicted molar refractivity (Wildman–Crippen MR) is 57.8 cm³/mol. The summed E-state index contributed by atoms with van der Waals surface area (Å²) < 4.78 is 5.26. The molecule has 1 aromatic heterocycles. The van der Waals surface area contributed by atoms with Gasteiger partial charge in [0.15, 0.2) is 0 Å². The Bertz CT molecular complexity index is 358. The Morgan fingerprint density at radius 2 is 2.50 bits per heavy atom. The van der Waals surface area contributed by atoms with Crippen LogP contribution in [-0.2, 0) is 16.1 Å². The second-order valence-electron chi connectivity index (χ2n) is 3.69. The van der Waals surface area contributed by atoms with Gasteiger partial charge in [-0.3, -0.25) is 9.78 Å². The summed E-state index contributed by atoms with van der Waals surface area (Å²) in [4.78, 5) is 15.6. The standard InChI is InChI=1S/C11H14N2O3/c14-7-9-4-3-8(6-12-9)13-11(15)10-2-1-5-16-10/h3-4,6,10,14H,1-2,5,7H2,(H,13,15). The zero-order valence-electron chi connectivity index (χ0n) is 8.85. The number of aliphatic hydroxyl groups excluding tert-OH is 1. The van der Waals surface area contributed by atoms with Crippen LogP contribution in [0.3, 0.4) is 0 Å². The maximum atomic E-state index is 11.7. The van der Waals surface area contributed by atoms with Crippen LogP contribution in [0.5, 0.6) is 0 Å². The summed E-state index contributed by atoms with van der Waals surface area (Å²) >= 11 is 0. The van der Waals surface area contributed by atoms with E-state index in [1.165, 1.54) is 6.20 Å². The number of carbonyl (C=O) groups is 1. The number of nitrogens with zero attached hydrogens (tertiary/aromatic N) is 1. The van der Waals surface area contributed by atoms with E-state index in [-0.39, 0.29) is 18.6 Å². The second-order valence-corrected chi connectivity index (χ2v) is 3.69. The van der Waals surface area contributed by atoms with E-state index in [0.717, 1.165) is 12.8 Å². The van der Waals surface area contributed by atoms with E-state index in [1.54, 1.807) is 12.1 Å². The summed E-state index contributed by atoms with van der Waals surface area (Å²) in [6, 6.07) is 3.39. The Hall–Kier alpha value is -1.46. The number of pyridine rings is 1. The molecular weight excluding hydrogens is 208 g/mol. The molecule has 1 aliphatic rings. The first kappa shape index (κ1) is 11.0. The molecule has 1 atom stereocenters. The molecule has 2 rings (SSSR count). The smallest absolute Gasteiger partial charge is 0.253 e. The fraction of sp³-hybridized carbons (Fsp3) is 0.455. The molecule has 5 nitrogen and oxygen atoms in total. The molecule has 2 heterocycles. The van der Waals surface area contributed by atoms with Gasteiger partial charge in [-0.1, -0.05) is 0 Å². The molecule has 16 heavy (non-hydrogen) atoms. The topological polar surface area (TPSA) is 71.5 Å². The number of carbonyl (C=O) groups excluding carboxylic acids is 1. The molecule has 2 N–H and O–H groups in total. The number of hydrogen-bond acceptors (Lipinski definition) is 4. The van der Waals surface area contributed by atoms with Crippen molar-refractivity contribution in [3.8, 4) is 0 Å². The fourth-order valence-corrected chi connectivity index (χ4v) is 1.60. The van der Waals surface area contributed by atoms with Gasteiger partial charge >= 0.3 is 0 Å². The molecule has 0 spiro atoms. The monoisotopic (exact) mass is 222 g/mol. The third-order valence-electron chi connectivity index (χ3n) is 2.48. The highest BCUT2D eigenvalue weighted by molar-refractivity contribution is 5.94. The molecule has 1 saturated heterocycles. The van der Waals surface area contributed by atoms with Crippen molar-refractivity contribution in [3.05, 3.63) is 24.0 Å². The minimum atomic E-state index is -0.336. The molecule has 5 heteroatoms. The van der Waals surface area contributed by atoms with Gasteiger partial charge in [0, 0.05) is 6.61 Å². The van der Waals surface area contributed by atoms with Crippen molar-refractivity contribution in [1.29, 1.82) is 0 Å². The van der Waals surface area contributed by atoms with E-state index in [4.69, 9.17) is 9.84 Å². The molecular formula is C11H14N2O3. The zero-order chi connectivity index (χ0) is 11.4. The predicted octanol–water partition coefficient (Wildman–Crippen LogP) is 0.691. The number of amides is 1. The molecule has 86 valence electrons. The van der Waals surface area contributed by atoms with Crippen LogP contribution in [0.1, 0.15) is 18.5 Å². The number of ether oxygens (including phenoxy) is 1. The van der Waals surface area contributed by atoms with Gasteiger partial charge in [-0.15, -0.1) is 0 Å². The summed E-state index contributed by atoms with van der Waals surface area (Å²) in [7, 11) is 0. The van der Waals surface area contributed by atoms with Gasteiger partial charge in [-0.25, -0.2) is 0 Å². The van der Waals surface area contributed by atoms with Crippen LogP contribution in [-0.4, -0.2) is 28.7 Å². The third-order valence-corrected chi connectivity index (χ3v) is 2.48. The Kier molecular flexibility index (Phi) is 3.48. The lowest BCUT2D eigenvalue weighted by Crippen LogP contribution is -2.26. The van der Waals surface area contributed by atoms with Gasteiger partial charge in [0.05, 0.1) is 24.2 Å². The van der Waals surface area contributed by atoms with E-state index in [1.807, 2.05) is 0 Å².